The molecule has 0 aromatic carbocycles. The third-order valence-corrected chi connectivity index (χ3v) is 5.47. The molecule has 2 rings (SSSR count). The summed E-state index contributed by atoms with van der Waals surface area (Å²) in [6.45, 7) is 4.42. The predicted molar refractivity (Wildman–Crippen MR) is 74.3 cm³/mol. The van der Waals surface area contributed by atoms with Crippen molar-refractivity contribution in [1.29, 1.82) is 0 Å². The van der Waals surface area contributed by atoms with E-state index in [1.807, 2.05) is 0 Å². The third-order valence-electron chi connectivity index (χ3n) is 3.79. The smallest absolute Gasteiger partial charge is 0.309 e. The van der Waals surface area contributed by atoms with E-state index >= 15 is 0 Å². The zero-order valence-electron chi connectivity index (χ0n) is 11.8. The molecule has 0 aromatic heterocycles. The van der Waals surface area contributed by atoms with Gasteiger partial charge in [-0.2, -0.15) is 17.4 Å². The lowest BCUT2D eigenvalue weighted by Gasteiger charge is -2.30. The molecule has 0 radical (unpaired) electrons. The number of carbonyl (C=O) groups excluding carboxylic acids is 1. The summed E-state index contributed by atoms with van der Waals surface area (Å²) >= 11 is 0. The molecule has 2 saturated heterocycles. The van der Waals surface area contributed by atoms with E-state index in [9.17, 15) is 13.2 Å². The van der Waals surface area contributed by atoms with Crippen molar-refractivity contribution < 1.29 is 17.9 Å². The van der Waals surface area contributed by atoms with E-state index in [-0.39, 0.29) is 17.9 Å². The minimum atomic E-state index is -3.44. The maximum atomic E-state index is 12.2. The van der Waals surface area contributed by atoms with Crippen molar-refractivity contribution in [2.45, 2.75) is 32.2 Å². The van der Waals surface area contributed by atoms with Crippen LogP contribution in [0.1, 0.15) is 26.2 Å². The van der Waals surface area contributed by atoms with Gasteiger partial charge in [-0.15, -0.1) is 0 Å². The summed E-state index contributed by atoms with van der Waals surface area (Å²) < 4.78 is 33.6. The Kier molecular flexibility index (Phi) is 5.36. The first-order chi connectivity index (χ1) is 9.53. The van der Waals surface area contributed by atoms with E-state index in [1.54, 1.807) is 6.92 Å². The number of nitrogens with one attached hydrogen (secondary N) is 2. The Morgan fingerprint density at radius 3 is 2.60 bits per heavy atom. The van der Waals surface area contributed by atoms with Gasteiger partial charge in [-0.3, -0.25) is 4.79 Å². The van der Waals surface area contributed by atoms with Crippen LogP contribution in [0.15, 0.2) is 0 Å². The van der Waals surface area contributed by atoms with Crippen molar-refractivity contribution in [1.82, 2.24) is 14.3 Å². The van der Waals surface area contributed by atoms with Crippen molar-refractivity contribution in [2.75, 3.05) is 32.8 Å². The molecular formula is C12H23N3O4S. The van der Waals surface area contributed by atoms with Gasteiger partial charge in [-0.25, -0.2) is 0 Å². The highest BCUT2D eigenvalue weighted by Gasteiger charge is 2.33. The molecule has 2 fully saturated rings. The van der Waals surface area contributed by atoms with Gasteiger partial charge < -0.3 is 10.1 Å². The fourth-order valence-corrected chi connectivity index (χ4v) is 4.10. The molecule has 0 saturated carbocycles. The predicted octanol–water partition coefficient (Wildman–Crippen LogP) is -0.542. The number of rotatable bonds is 5. The standard InChI is InChI=1S/C12H23N3O4S/c1-2-19-12(16)10-4-7-15(8-5-10)20(17,18)14-11-3-6-13-9-11/h10-11,13-14H,2-9H2,1H3/t11-/m0/s1. The number of nitrogens with zero attached hydrogens (tertiary/aromatic N) is 1. The summed E-state index contributed by atoms with van der Waals surface area (Å²) in [6, 6.07) is -0.0252. The van der Waals surface area contributed by atoms with Crippen LogP contribution in [-0.2, 0) is 19.7 Å². The van der Waals surface area contributed by atoms with Crippen LogP contribution in [0.3, 0.4) is 0 Å². The number of carbonyl (C=O) groups is 1. The molecule has 2 N–H and O–H groups in total. The molecule has 8 heteroatoms. The van der Waals surface area contributed by atoms with Crippen molar-refractivity contribution in [3.8, 4) is 0 Å². The lowest BCUT2D eigenvalue weighted by molar-refractivity contribution is -0.149. The highest BCUT2D eigenvalue weighted by molar-refractivity contribution is 7.87. The molecule has 2 heterocycles. The summed E-state index contributed by atoms with van der Waals surface area (Å²) in [6.07, 6.45) is 1.88. The van der Waals surface area contributed by atoms with Crippen LogP contribution in [0.5, 0.6) is 0 Å². The van der Waals surface area contributed by atoms with Crippen LogP contribution in [0.4, 0.5) is 0 Å². The fraction of sp³-hybridized carbons (Fsp3) is 0.917. The summed E-state index contributed by atoms with van der Waals surface area (Å²) in [5.41, 5.74) is 0. The minimum Gasteiger partial charge on any atom is -0.466 e. The fourth-order valence-electron chi connectivity index (χ4n) is 2.63. The van der Waals surface area contributed by atoms with Gasteiger partial charge >= 0.3 is 5.97 Å². The van der Waals surface area contributed by atoms with Gasteiger partial charge in [-0.1, -0.05) is 0 Å². The van der Waals surface area contributed by atoms with Crippen LogP contribution in [0, 0.1) is 5.92 Å². The zero-order chi connectivity index (χ0) is 14.6. The summed E-state index contributed by atoms with van der Waals surface area (Å²) in [7, 11) is -3.44. The number of hydrogen-bond acceptors (Lipinski definition) is 5. The van der Waals surface area contributed by atoms with Crippen LogP contribution in [0.25, 0.3) is 0 Å². The summed E-state index contributed by atoms with van der Waals surface area (Å²) in [5, 5.41) is 3.13. The maximum Gasteiger partial charge on any atom is 0.309 e. The van der Waals surface area contributed by atoms with E-state index in [0.717, 1.165) is 13.0 Å². The average molecular weight is 305 g/mol. The second-order valence-electron chi connectivity index (χ2n) is 5.24. The lowest BCUT2D eigenvalue weighted by Crippen LogP contribution is -2.49. The first-order valence-electron chi connectivity index (χ1n) is 7.17. The molecule has 20 heavy (non-hydrogen) atoms. The summed E-state index contributed by atoms with van der Waals surface area (Å²) in [5.74, 6) is -0.382. The first kappa shape index (κ1) is 15.7. The molecule has 0 aliphatic carbocycles. The van der Waals surface area contributed by atoms with Crippen molar-refractivity contribution in [3.63, 3.8) is 0 Å². The number of piperidine rings is 1. The number of ether oxygens (including phenoxy) is 1. The van der Waals surface area contributed by atoms with Gasteiger partial charge in [0.2, 0.25) is 0 Å². The van der Waals surface area contributed by atoms with Gasteiger partial charge in [-0.05, 0) is 32.7 Å². The van der Waals surface area contributed by atoms with Gasteiger partial charge in [0, 0.05) is 25.7 Å². The molecular weight excluding hydrogens is 282 g/mol. The molecule has 0 aromatic rings. The van der Waals surface area contributed by atoms with Gasteiger partial charge in [0.1, 0.15) is 0 Å². The first-order valence-corrected chi connectivity index (χ1v) is 8.61. The normalized spacial score (nSPS) is 25.8. The molecule has 0 bridgehead atoms. The van der Waals surface area contributed by atoms with E-state index in [1.165, 1.54) is 4.31 Å². The zero-order valence-corrected chi connectivity index (χ0v) is 12.6. The Balaban J connectivity index is 1.84. The van der Waals surface area contributed by atoms with Crippen molar-refractivity contribution >= 4 is 16.2 Å². The number of hydrogen-bond donors (Lipinski definition) is 2. The van der Waals surface area contributed by atoms with E-state index in [0.29, 0.717) is 39.1 Å². The Bertz CT molecular complexity index is 426. The second-order valence-corrected chi connectivity index (χ2v) is 6.94. The lowest BCUT2D eigenvalue weighted by atomic mass is 9.98. The summed E-state index contributed by atoms with van der Waals surface area (Å²) in [4.78, 5) is 11.6. The van der Waals surface area contributed by atoms with E-state index in [2.05, 4.69) is 10.0 Å². The highest BCUT2D eigenvalue weighted by atomic mass is 32.2. The molecule has 0 amide bonds. The van der Waals surface area contributed by atoms with Crippen molar-refractivity contribution in [3.05, 3.63) is 0 Å². The SMILES string of the molecule is CCOC(=O)C1CCN(S(=O)(=O)N[C@H]2CCNC2)CC1. The second kappa shape index (κ2) is 6.84. The molecule has 2 aliphatic rings. The average Bonchev–Trinajstić information content (AvgIpc) is 2.91. The number of esters is 1. The van der Waals surface area contributed by atoms with Crippen LogP contribution < -0.4 is 10.0 Å². The molecule has 116 valence electrons. The van der Waals surface area contributed by atoms with E-state index < -0.39 is 10.2 Å². The van der Waals surface area contributed by atoms with Crippen LogP contribution in [0.2, 0.25) is 0 Å². The Morgan fingerprint density at radius 1 is 1.35 bits per heavy atom. The van der Waals surface area contributed by atoms with Gasteiger partial charge in [0.25, 0.3) is 10.2 Å². The molecule has 7 nitrogen and oxygen atoms in total. The van der Waals surface area contributed by atoms with Gasteiger partial charge in [0.15, 0.2) is 0 Å². The molecule has 1 atom stereocenters. The Hall–Kier alpha value is -0.700. The van der Waals surface area contributed by atoms with E-state index in [4.69, 9.17) is 4.74 Å². The highest BCUT2D eigenvalue weighted by Crippen LogP contribution is 2.20. The molecule has 0 spiro atoms. The molecule has 0 unspecified atom stereocenters. The third kappa shape index (κ3) is 3.91. The topological polar surface area (TPSA) is 87.7 Å². The van der Waals surface area contributed by atoms with Crippen LogP contribution in [-0.4, -0.2) is 57.5 Å². The maximum absolute atomic E-state index is 12.2. The Morgan fingerprint density at radius 2 is 2.05 bits per heavy atom. The van der Waals surface area contributed by atoms with Crippen molar-refractivity contribution in [2.24, 2.45) is 5.92 Å². The largest absolute Gasteiger partial charge is 0.466 e. The molecule has 2 aliphatic heterocycles. The monoisotopic (exact) mass is 305 g/mol. The minimum absolute atomic E-state index is 0.0252. The Labute approximate surface area is 120 Å². The van der Waals surface area contributed by atoms with Crippen LogP contribution >= 0.6 is 0 Å². The quantitative estimate of drug-likeness (QED) is 0.666. The van der Waals surface area contributed by atoms with Gasteiger partial charge in [0.05, 0.1) is 12.5 Å².